The van der Waals surface area contributed by atoms with Gasteiger partial charge in [-0.25, -0.2) is 13.2 Å². The molecule has 0 atom stereocenters. The lowest BCUT2D eigenvalue weighted by molar-refractivity contribution is 0.297. The molecule has 0 spiro atoms. The largest absolute Gasteiger partial charge is 0.494 e. The first-order valence-electron chi connectivity index (χ1n) is 12.0. The lowest BCUT2D eigenvalue weighted by atomic mass is 9.76. The van der Waals surface area contributed by atoms with Crippen LogP contribution >= 0.6 is 0 Å². The predicted molar refractivity (Wildman–Crippen MR) is 121 cm³/mol. The average molecular weight is 451 g/mol. The molecule has 1 nitrogen and oxygen atoms in total. The Morgan fingerprint density at radius 3 is 1.97 bits per heavy atom. The van der Waals surface area contributed by atoms with Crippen LogP contribution in [0.4, 0.5) is 17.6 Å². The first-order valence-corrected chi connectivity index (χ1v) is 12.0. The van der Waals surface area contributed by atoms with E-state index in [-0.39, 0.29) is 22.8 Å². The third-order valence-corrected chi connectivity index (χ3v) is 6.92. The number of halogens is 4. The lowest BCUT2D eigenvalue weighted by Crippen LogP contribution is -2.15. The van der Waals surface area contributed by atoms with Crippen molar-refractivity contribution < 1.29 is 22.3 Å². The Balaban J connectivity index is 1.63. The van der Waals surface area contributed by atoms with Crippen molar-refractivity contribution in [2.75, 3.05) is 7.11 Å². The van der Waals surface area contributed by atoms with E-state index in [9.17, 15) is 17.6 Å². The molecule has 5 heteroatoms. The van der Waals surface area contributed by atoms with Gasteiger partial charge in [0.05, 0.1) is 7.11 Å². The number of hydrogen-bond donors (Lipinski definition) is 0. The summed E-state index contributed by atoms with van der Waals surface area (Å²) in [6.45, 7) is 2.22. The van der Waals surface area contributed by atoms with Crippen LogP contribution in [0.15, 0.2) is 24.3 Å². The standard InChI is InChI=1S/C27H34F4O/c1-3-4-5-6-7-8-9-18-10-12-19(13-11-18)20-14-15-21(25(29)24(20)28)22-16-17-23(32-2)27(31)26(22)30/h14-19H,3-13H2,1-2H3. The lowest BCUT2D eigenvalue weighted by Gasteiger charge is -2.29. The van der Waals surface area contributed by atoms with E-state index in [1.807, 2.05) is 0 Å². The fraction of sp³-hybridized carbons (Fsp3) is 0.556. The van der Waals surface area contributed by atoms with E-state index in [4.69, 9.17) is 4.74 Å². The summed E-state index contributed by atoms with van der Waals surface area (Å²) in [7, 11) is 1.22. The smallest absolute Gasteiger partial charge is 0.201 e. The van der Waals surface area contributed by atoms with Crippen LogP contribution in [0.3, 0.4) is 0 Å². The maximum Gasteiger partial charge on any atom is 0.201 e. The molecule has 0 aliphatic heterocycles. The van der Waals surface area contributed by atoms with Crippen LogP contribution < -0.4 is 4.74 Å². The molecule has 3 rings (SSSR count). The van der Waals surface area contributed by atoms with Crippen LogP contribution in [0.2, 0.25) is 0 Å². The van der Waals surface area contributed by atoms with Gasteiger partial charge in [0.25, 0.3) is 0 Å². The summed E-state index contributed by atoms with van der Waals surface area (Å²) in [6.07, 6.45) is 12.7. The van der Waals surface area contributed by atoms with Crippen molar-refractivity contribution in [2.45, 2.75) is 83.5 Å². The summed E-state index contributed by atoms with van der Waals surface area (Å²) in [4.78, 5) is 0. The maximum absolute atomic E-state index is 14.9. The normalized spacial score (nSPS) is 18.7. The SMILES string of the molecule is CCCCCCCCC1CCC(c2ccc(-c3ccc(OC)c(F)c3F)c(F)c2F)CC1. The summed E-state index contributed by atoms with van der Waals surface area (Å²) < 4.78 is 63.0. The molecule has 1 fully saturated rings. The Kier molecular flexibility index (Phi) is 9.01. The summed E-state index contributed by atoms with van der Waals surface area (Å²) in [5.41, 5.74) is -0.241. The maximum atomic E-state index is 14.9. The van der Waals surface area contributed by atoms with E-state index in [0.29, 0.717) is 11.5 Å². The van der Waals surface area contributed by atoms with Crippen molar-refractivity contribution in [3.63, 3.8) is 0 Å². The number of benzene rings is 2. The van der Waals surface area contributed by atoms with E-state index in [1.54, 1.807) is 0 Å². The van der Waals surface area contributed by atoms with Gasteiger partial charge in [0, 0.05) is 11.1 Å². The number of unbranched alkanes of at least 4 members (excludes halogenated alkanes) is 5. The quantitative estimate of drug-likeness (QED) is 0.259. The van der Waals surface area contributed by atoms with Gasteiger partial charge < -0.3 is 4.74 Å². The highest BCUT2D eigenvalue weighted by atomic mass is 19.2. The Bertz CT molecular complexity index is 888. The Morgan fingerprint density at radius 1 is 0.719 bits per heavy atom. The topological polar surface area (TPSA) is 9.23 Å². The van der Waals surface area contributed by atoms with Gasteiger partial charge in [-0.1, -0.05) is 64.0 Å². The first-order chi connectivity index (χ1) is 15.5. The van der Waals surface area contributed by atoms with Crippen LogP contribution in [0.5, 0.6) is 5.75 Å². The second-order valence-corrected chi connectivity index (χ2v) is 9.05. The first kappa shape index (κ1) is 24.6. The highest BCUT2D eigenvalue weighted by Gasteiger charge is 2.27. The van der Waals surface area contributed by atoms with Gasteiger partial charge >= 0.3 is 0 Å². The molecule has 2 aromatic carbocycles. The molecule has 176 valence electrons. The summed E-state index contributed by atoms with van der Waals surface area (Å²) >= 11 is 0. The van der Waals surface area contributed by atoms with E-state index >= 15 is 0 Å². The minimum atomic E-state index is -1.24. The zero-order valence-electron chi connectivity index (χ0n) is 19.2. The Hall–Kier alpha value is -2.04. The van der Waals surface area contributed by atoms with Gasteiger partial charge in [-0.3, -0.25) is 0 Å². The molecule has 0 radical (unpaired) electrons. The molecule has 0 saturated heterocycles. The second kappa shape index (κ2) is 11.7. The van der Waals surface area contributed by atoms with Crippen LogP contribution in [0.25, 0.3) is 11.1 Å². The molecule has 0 heterocycles. The molecule has 1 aliphatic rings. The third kappa shape index (κ3) is 5.65. The predicted octanol–water partition coefficient (Wildman–Crippen LogP) is 8.94. The van der Waals surface area contributed by atoms with Crippen LogP contribution in [0.1, 0.15) is 89.0 Å². The Morgan fingerprint density at radius 2 is 1.31 bits per heavy atom. The van der Waals surface area contributed by atoms with Gasteiger partial charge in [0.15, 0.2) is 23.2 Å². The summed E-state index contributed by atoms with van der Waals surface area (Å²) in [6, 6.07) is 5.32. The van der Waals surface area contributed by atoms with Crippen LogP contribution in [-0.4, -0.2) is 7.11 Å². The molecule has 1 aliphatic carbocycles. The minimum absolute atomic E-state index is 0.0307. The fourth-order valence-corrected chi connectivity index (χ4v) is 4.96. The van der Waals surface area contributed by atoms with Gasteiger partial charge in [0.2, 0.25) is 5.82 Å². The molecular weight excluding hydrogens is 416 g/mol. The molecule has 0 amide bonds. The highest BCUT2D eigenvalue weighted by molar-refractivity contribution is 5.66. The van der Waals surface area contributed by atoms with E-state index < -0.39 is 23.3 Å². The number of hydrogen-bond acceptors (Lipinski definition) is 1. The molecule has 0 aromatic heterocycles. The van der Waals surface area contributed by atoms with Crippen LogP contribution in [-0.2, 0) is 0 Å². The molecule has 0 bridgehead atoms. The van der Waals surface area contributed by atoms with Gasteiger partial charge in [-0.15, -0.1) is 0 Å². The van der Waals surface area contributed by atoms with Crippen molar-refractivity contribution in [1.82, 2.24) is 0 Å². The zero-order valence-corrected chi connectivity index (χ0v) is 19.2. The summed E-state index contributed by atoms with van der Waals surface area (Å²) in [5.74, 6) is -4.17. The molecule has 0 N–H and O–H groups in total. The molecule has 32 heavy (non-hydrogen) atoms. The van der Waals surface area contributed by atoms with Gasteiger partial charge in [-0.2, -0.15) is 4.39 Å². The van der Waals surface area contributed by atoms with Crippen molar-refractivity contribution in [3.8, 4) is 16.9 Å². The molecular formula is C27H34F4O. The van der Waals surface area contributed by atoms with Crippen LogP contribution in [0, 0.1) is 29.2 Å². The van der Waals surface area contributed by atoms with E-state index in [2.05, 4.69) is 6.92 Å². The van der Waals surface area contributed by atoms with Crippen molar-refractivity contribution in [1.29, 1.82) is 0 Å². The summed E-state index contributed by atoms with van der Waals surface area (Å²) in [5, 5.41) is 0. The van der Waals surface area contributed by atoms with Crippen molar-refractivity contribution in [2.24, 2.45) is 5.92 Å². The Labute approximate surface area is 189 Å². The molecule has 1 saturated carbocycles. The fourth-order valence-electron chi connectivity index (χ4n) is 4.96. The average Bonchev–Trinajstić information content (AvgIpc) is 2.81. The third-order valence-electron chi connectivity index (χ3n) is 6.92. The minimum Gasteiger partial charge on any atom is -0.494 e. The number of rotatable bonds is 10. The molecule has 0 unspecified atom stereocenters. The van der Waals surface area contributed by atoms with E-state index in [0.717, 1.165) is 25.7 Å². The van der Waals surface area contributed by atoms with Gasteiger partial charge in [0.1, 0.15) is 0 Å². The monoisotopic (exact) mass is 450 g/mol. The zero-order chi connectivity index (χ0) is 23.1. The number of ether oxygens (including phenoxy) is 1. The van der Waals surface area contributed by atoms with Gasteiger partial charge in [-0.05, 0) is 55.2 Å². The second-order valence-electron chi connectivity index (χ2n) is 9.05. The van der Waals surface area contributed by atoms with Crippen molar-refractivity contribution >= 4 is 0 Å². The number of methoxy groups -OCH3 is 1. The van der Waals surface area contributed by atoms with Crippen molar-refractivity contribution in [3.05, 3.63) is 53.1 Å². The highest BCUT2D eigenvalue weighted by Crippen LogP contribution is 2.41. The molecule has 2 aromatic rings. The van der Waals surface area contributed by atoms with E-state index in [1.165, 1.54) is 76.3 Å².